The fourth-order valence-electron chi connectivity index (χ4n) is 1.36. The van der Waals surface area contributed by atoms with Crippen molar-refractivity contribution in [1.82, 2.24) is 0 Å². The van der Waals surface area contributed by atoms with Crippen LogP contribution in [0.3, 0.4) is 0 Å². The highest BCUT2D eigenvalue weighted by Gasteiger charge is 2.36. The maximum atomic E-state index is 12.1. The first kappa shape index (κ1) is 12.2. The van der Waals surface area contributed by atoms with Crippen molar-refractivity contribution in [3.63, 3.8) is 0 Å². The van der Waals surface area contributed by atoms with Gasteiger partial charge in [-0.1, -0.05) is 12.1 Å². The Balaban J connectivity index is 2.28. The van der Waals surface area contributed by atoms with Crippen LogP contribution in [0.1, 0.15) is 0 Å². The van der Waals surface area contributed by atoms with Gasteiger partial charge in [0.15, 0.2) is 0 Å². The van der Waals surface area contributed by atoms with Gasteiger partial charge >= 0.3 is 6.18 Å². The third-order valence-electron chi connectivity index (χ3n) is 2.17. The Labute approximate surface area is 101 Å². The van der Waals surface area contributed by atoms with Gasteiger partial charge in [-0.2, -0.15) is 13.2 Å². The monoisotopic (exact) mass is 255 g/mol. The summed E-state index contributed by atoms with van der Waals surface area (Å²) in [5, 5.41) is 2.69. The van der Waals surface area contributed by atoms with Crippen LogP contribution in [0, 0.1) is 0 Å². The fourth-order valence-corrected chi connectivity index (χ4v) is 1.36. The first-order chi connectivity index (χ1) is 8.47. The smallest absolute Gasteiger partial charge is 0.454 e. The lowest BCUT2D eigenvalue weighted by molar-refractivity contribution is -0.165. The van der Waals surface area contributed by atoms with Crippen LogP contribution in [0.15, 0.2) is 48.4 Å². The predicted octanol–water partition coefficient (Wildman–Crippen LogP) is 3.02. The van der Waals surface area contributed by atoms with E-state index in [1.807, 2.05) is 0 Å². The molecule has 94 valence electrons. The summed E-state index contributed by atoms with van der Waals surface area (Å²) in [4.78, 5) is 10.8. The molecule has 1 N–H and O–H groups in total. The zero-order chi connectivity index (χ0) is 13.2. The van der Waals surface area contributed by atoms with Crippen LogP contribution in [0.25, 0.3) is 0 Å². The Kier molecular flexibility index (Phi) is 3.10. The van der Waals surface area contributed by atoms with Gasteiger partial charge in [-0.15, -0.1) is 0 Å². The van der Waals surface area contributed by atoms with Gasteiger partial charge in [-0.05, 0) is 18.2 Å². The van der Waals surface area contributed by atoms with Crippen LogP contribution in [-0.4, -0.2) is 12.0 Å². The number of ketones is 1. The summed E-state index contributed by atoms with van der Waals surface area (Å²) < 4.78 is 41.5. The third kappa shape index (κ3) is 2.71. The molecule has 0 fully saturated rings. The minimum Gasteiger partial charge on any atom is -0.463 e. The molecule has 0 aliphatic carbocycles. The van der Waals surface area contributed by atoms with Crippen molar-refractivity contribution in [1.29, 1.82) is 0 Å². The first-order valence-corrected chi connectivity index (χ1v) is 4.99. The molecule has 0 amide bonds. The lowest BCUT2D eigenvalue weighted by Gasteiger charge is -2.08. The van der Waals surface area contributed by atoms with E-state index in [1.54, 1.807) is 24.3 Å². The molecule has 1 aromatic carbocycles. The van der Waals surface area contributed by atoms with E-state index in [9.17, 15) is 18.0 Å². The van der Waals surface area contributed by atoms with Gasteiger partial charge in [0.25, 0.3) is 5.78 Å². The molecule has 0 radical (unpaired) electrons. The molecule has 1 heterocycles. The Morgan fingerprint density at radius 1 is 1.28 bits per heavy atom. The standard InChI is InChI=1S/C12H8F3NO2/c13-12(14,15)11(17)7-8-5-6-18-10-4-2-1-3-9(10)16-8/h1-7,16H/b8-7+. The van der Waals surface area contributed by atoms with Gasteiger partial charge in [0, 0.05) is 11.8 Å². The zero-order valence-corrected chi connectivity index (χ0v) is 8.99. The first-order valence-electron chi connectivity index (χ1n) is 4.99. The molecule has 0 atom stereocenters. The second kappa shape index (κ2) is 4.56. The number of anilines is 1. The maximum absolute atomic E-state index is 12.1. The number of nitrogens with one attached hydrogen (secondary N) is 1. The maximum Gasteiger partial charge on any atom is 0.454 e. The molecule has 0 unspecified atom stereocenters. The van der Waals surface area contributed by atoms with Gasteiger partial charge in [0.2, 0.25) is 0 Å². The normalized spacial score (nSPS) is 16.5. The number of para-hydroxylation sites is 2. The molecule has 0 spiro atoms. The average Bonchev–Trinajstić information content (AvgIpc) is 2.49. The zero-order valence-electron chi connectivity index (χ0n) is 8.99. The second-order valence-corrected chi connectivity index (χ2v) is 3.50. The summed E-state index contributed by atoms with van der Waals surface area (Å²) >= 11 is 0. The molecule has 2 rings (SSSR count). The average molecular weight is 255 g/mol. The topological polar surface area (TPSA) is 38.3 Å². The van der Waals surface area contributed by atoms with Crippen LogP contribution in [0.4, 0.5) is 18.9 Å². The summed E-state index contributed by atoms with van der Waals surface area (Å²) in [6.45, 7) is 0. The number of alkyl halides is 3. The van der Waals surface area contributed by atoms with Gasteiger partial charge in [0.05, 0.1) is 11.9 Å². The fraction of sp³-hybridized carbons (Fsp3) is 0.0833. The summed E-state index contributed by atoms with van der Waals surface area (Å²) in [6.07, 6.45) is -1.92. The van der Waals surface area contributed by atoms with E-state index < -0.39 is 12.0 Å². The summed E-state index contributed by atoms with van der Waals surface area (Å²) in [5.74, 6) is -1.45. The van der Waals surface area contributed by atoms with Crippen LogP contribution < -0.4 is 10.1 Å². The number of benzene rings is 1. The van der Waals surface area contributed by atoms with Gasteiger partial charge < -0.3 is 10.1 Å². The molecule has 6 heteroatoms. The van der Waals surface area contributed by atoms with Crippen LogP contribution >= 0.6 is 0 Å². The molecule has 1 aliphatic heterocycles. The number of carbonyl (C=O) groups excluding carboxylic acids is 1. The number of allylic oxidation sites excluding steroid dienone is 2. The third-order valence-corrected chi connectivity index (χ3v) is 2.17. The van der Waals surface area contributed by atoms with Gasteiger partial charge in [-0.3, -0.25) is 4.79 Å². The SMILES string of the molecule is O=C(/C=C1\C=COc2ccccc2N1)C(F)(F)F. The molecular formula is C12H8F3NO2. The molecule has 0 aromatic heterocycles. The van der Waals surface area contributed by atoms with Crippen molar-refractivity contribution >= 4 is 11.5 Å². The number of carbonyl (C=O) groups is 1. The van der Waals surface area contributed by atoms with E-state index in [2.05, 4.69) is 5.32 Å². The number of rotatable bonds is 1. The van der Waals surface area contributed by atoms with E-state index in [0.717, 1.165) is 0 Å². The van der Waals surface area contributed by atoms with Crippen molar-refractivity contribution in [3.05, 3.63) is 48.4 Å². The Bertz CT molecular complexity index is 532. The summed E-state index contributed by atoms with van der Waals surface area (Å²) in [6, 6.07) is 6.71. The second-order valence-electron chi connectivity index (χ2n) is 3.50. The minimum absolute atomic E-state index is 0.0160. The minimum atomic E-state index is -4.88. The summed E-state index contributed by atoms with van der Waals surface area (Å²) in [7, 11) is 0. The predicted molar refractivity (Wildman–Crippen MR) is 59.0 cm³/mol. The summed E-state index contributed by atoms with van der Waals surface area (Å²) in [5.41, 5.74) is 0.506. The molecule has 1 aromatic rings. The molecular weight excluding hydrogens is 247 g/mol. The van der Waals surface area contributed by atoms with E-state index in [4.69, 9.17) is 4.74 Å². The highest BCUT2D eigenvalue weighted by atomic mass is 19.4. The molecule has 0 bridgehead atoms. The van der Waals surface area contributed by atoms with Crippen molar-refractivity contribution in [2.45, 2.75) is 6.18 Å². The molecule has 3 nitrogen and oxygen atoms in total. The number of halogens is 3. The Hall–Kier alpha value is -2.24. The Morgan fingerprint density at radius 3 is 2.72 bits per heavy atom. The van der Waals surface area contributed by atoms with Crippen molar-refractivity contribution in [3.8, 4) is 5.75 Å². The van der Waals surface area contributed by atoms with Crippen molar-refractivity contribution < 1.29 is 22.7 Å². The lowest BCUT2D eigenvalue weighted by Crippen LogP contribution is -2.21. The van der Waals surface area contributed by atoms with E-state index in [1.165, 1.54) is 12.3 Å². The van der Waals surface area contributed by atoms with Crippen molar-refractivity contribution in [2.75, 3.05) is 5.32 Å². The van der Waals surface area contributed by atoms with Crippen LogP contribution in [0.5, 0.6) is 5.75 Å². The van der Waals surface area contributed by atoms with E-state index in [0.29, 0.717) is 17.5 Å². The molecule has 18 heavy (non-hydrogen) atoms. The highest BCUT2D eigenvalue weighted by molar-refractivity contribution is 5.95. The highest BCUT2D eigenvalue weighted by Crippen LogP contribution is 2.28. The van der Waals surface area contributed by atoms with E-state index >= 15 is 0 Å². The number of ether oxygens (including phenoxy) is 1. The van der Waals surface area contributed by atoms with Gasteiger partial charge in [0.1, 0.15) is 5.75 Å². The number of hydrogen-bond donors (Lipinski definition) is 1. The molecule has 0 saturated carbocycles. The largest absolute Gasteiger partial charge is 0.463 e. The molecule has 1 aliphatic rings. The Morgan fingerprint density at radius 2 is 2.00 bits per heavy atom. The van der Waals surface area contributed by atoms with Crippen LogP contribution in [0.2, 0.25) is 0 Å². The quantitative estimate of drug-likeness (QED) is 0.784. The number of fused-ring (bicyclic) bond motifs is 1. The lowest BCUT2D eigenvalue weighted by atomic mass is 10.2. The van der Waals surface area contributed by atoms with E-state index in [-0.39, 0.29) is 5.70 Å². The van der Waals surface area contributed by atoms with Crippen molar-refractivity contribution in [2.24, 2.45) is 0 Å². The van der Waals surface area contributed by atoms with Gasteiger partial charge in [-0.25, -0.2) is 0 Å². The number of hydrogen-bond acceptors (Lipinski definition) is 3. The molecule has 0 saturated heterocycles. The van der Waals surface area contributed by atoms with Crippen LogP contribution in [-0.2, 0) is 4.79 Å².